The van der Waals surface area contributed by atoms with E-state index in [1.807, 2.05) is 18.2 Å². The van der Waals surface area contributed by atoms with Crippen molar-refractivity contribution >= 4 is 5.97 Å². The maximum absolute atomic E-state index is 10.7. The molecule has 1 heterocycles. The van der Waals surface area contributed by atoms with Gasteiger partial charge in [-0.3, -0.25) is 4.79 Å². The smallest absolute Gasteiger partial charge is 0.302 e. The Hall–Kier alpha value is -1.71. The minimum Gasteiger partial charge on any atom is -0.497 e. The van der Waals surface area contributed by atoms with Crippen LogP contribution < -0.4 is 9.47 Å². The average molecular weight is 222 g/mol. The first-order valence-electron chi connectivity index (χ1n) is 5.16. The van der Waals surface area contributed by atoms with E-state index in [-0.39, 0.29) is 12.1 Å². The third-order valence-electron chi connectivity index (χ3n) is 2.48. The number of esters is 1. The van der Waals surface area contributed by atoms with Crippen molar-refractivity contribution in [3.63, 3.8) is 0 Å². The summed E-state index contributed by atoms with van der Waals surface area (Å²) in [4.78, 5) is 10.7. The summed E-state index contributed by atoms with van der Waals surface area (Å²) in [5, 5.41) is 0. The lowest BCUT2D eigenvalue weighted by Crippen LogP contribution is -2.21. The molecular formula is C12H14O4. The summed E-state index contributed by atoms with van der Waals surface area (Å²) >= 11 is 0. The van der Waals surface area contributed by atoms with Crippen LogP contribution >= 0.6 is 0 Å². The normalized spacial score (nSPS) is 17.5. The van der Waals surface area contributed by atoms with Gasteiger partial charge < -0.3 is 14.2 Å². The molecule has 1 atom stereocenters. The molecule has 0 radical (unpaired) electrons. The van der Waals surface area contributed by atoms with Gasteiger partial charge >= 0.3 is 5.97 Å². The van der Waals surface area contributed by atoms with E-state index in [1.165, 1.54) is 6.92 Å². The molecule has 16 heavy (non-hydrogen) atoms. The maximum Gasteiger partial charge on any atom is 0.302 e. The van der Waals surface area contributed by atoms with Gasteiger partial charge in [0.15, 0.2) is 0 Å². The third kappa shape index (κ3) is 2.27. The number of benzene rings is 1. The van der Waals surface area contributed by atoms with E-state index in [0.29, 0.717) is 6.61 Å². The Morgan fingerprint density at radius 2 is 2.38 bits per heavy atom. The van der Waals surface area contributed by atoms with Gasteiger partial charge in [-0.2, -0.15) is 0 Å². The molecule has 0 aliphatic carbocycles. The van der Waals surface area contributed by atoms with Crippen molar-refractivity contribution in [3.05, 3.63) is 23.8 Å². The van der Waals surface area contributed by atoms with Crippen molar-refractivity contribution in [2.75, 3.05) is 13.7 Å². The van der Waals surface area contributed by atoms with Crippen LogP contribution in [-0.4, -0.2) is 25.8 Å². The number of ether oxygens (including phenoxy) is 3. The first-order chi connectivity index (χ1) is 7.69. The molecule has 1 aliphatic heterocycles. The lowest BCUT2D eigenvalue weighted by atomic mass is 10.1. The standard InChI is InChI=1S/C12H14O4/c1-8(13)15-7-11-6-9-5-10(14-2)3-4-12(9)16-11/h3-5,11H,6-7H2,1-2H3/t11-/m1/s1. The second kappa shape index (κ2) is 4.43. The molecule has 0 saturated carbocycles. The van der Waals surface area contributed by atoms with Crippen LogP contribution in [0.2, 0.25) is 0 Å². The van der Waals surface area contributed by atoms with Gasteiger partial charge in [-0.25, -0.2) is 0 Å². The molecule has 0 aromatic heterocycles. The summed E-state index contributed by atoms with van der Waals surface area (Å²) < 4.78 is 15.7. The highest BCUT2D eigenvalue weighted by Gasteiger charge is 2.24. The largest absolute Gasteiger partial charge is 0.497 e. The molecule has 0 fully saturated rings. The molecule has 0 spiro atoms. The van der Waals surface area contributed by atoms with Crippen molar-refractivity contribution in [1.29, 1.82) is 0 Å². The summed E-state index contributed by atoms with van der Waals surface area (Å²) in [7, 11) is 1.63. The van der Waals surface area contributed by atoms with Gasteiger partial charge in [0.25, 0.3) is 0 Å². The summed E-state index contributed by atoms with van der Waals surface area (Å²) in [6.45, 7) is 1.69. The van der Waals surface area contributed by atoms with E-state index >= 15 is 0 Å². The molecule has 1 aromatic carbocycles. The first-order valence-corrected chi connectivity index (χ1v) is 5.16. The summed E-state index contributed by atoms with van der Waals surface area (Å²) in [6.07, 6.45) is 0.672. The van der Waals surface area contributed by atoms with Gasteiger partial charge in [0, 0.05) is 18.9 Å². The Morgan fingerprint density at radius 1 is 1.56 bits per heavy atom. The molecule has 0 saturated heterocycles. The van der Waals surface area contributed by atoms with Gasteiger partial charge in [-0.15, -0.1) is 0 Å². The molecule has 4 heteroatoms. The quantitative estimate of drug-likeness (QED) is 0.728. The lowest BCUT2D eigenvalue weighted by Gasteiger charge is -2.09. The third-order valence-corrected chi connectivity index (χ3v) is 2.48. The van der Waals surface area contributed by atoms with Gasteiger partial charge in [0.2, 0.25) is 0 Å². The second-order valence-electron chi connectivity index (χ2n) is 3.72. The van der Waals surface area contributed by atoms with E-state index in [4.69, 9.17) is 14.2 Å². The molecule has 0 bridgehead atoms. The predicted molar refractivity (Wildman–Crippen MR) is 57.7 cm³/mol. The SMILES string of the molecule is COc1ccc2c(c1)C[C@H](COC(C)=O)O2. The van der Waals surface area contributed by atoms with Crippen molar-refractivity contribution in [3.8, 4) is 11.5 Å². The van der Waals surface area contributed by atoms with Crippen molar-refractivity contribution in [2.45, 2.75) is 19.4 Å². The minimum atomic E-state index is -0.280. The van der Waals surface area contributed by atoms with Crippen LogP contribution in [0.15, 0.2) is 18.2 Å². The van der Waals surface area contributed by atoms with Crippen LogP contribution in [0, 0.1) is 0 Å². The monoisotopic (exact) mass is 222 g/mol. The van der Waals surface area contributed by atoms with Gasteiger partial charge in [-0.1, -0.05) is 0 Å². The highest BCUT2D eigenvalue weighted by Crippen LogP contribution is 2.31. The number of hydrogen-bond acceptors (Lipinski definition) is 4. The zero-order valence-electron chi connectivity index (χ0n) is 9.36. The average Bonchev–Trinajstić information content (AvgIpc) is 2.67. The van der Waals surface area contributed by atoms with Crippen LogP contribution in [0.5, 0.6) is 11.5 Å². The topological polar surface area (TPSA) is 44.8 Å². The number of hydrogen-bond donors (Lipinski definition) is 0. The number of fused-ring (bicyclic) bond motifs is 1. The highest BCUT2D eigenvalue weighted by molar-refractivity contribution is 5.65. The molecule has 0 unspecified atom stereocenters. The Kier molecular flexibility index (Phi) is 2.99. The zero-order valence-corrected chi connectivity index (χ0v) is 9.36. The fraction of sp³-hybridized carbons (Fsp3) is 0.417. The molecule has 2 rings (SSSR count). The second-order valence-corrected chi connectivity index (χ2v) is 3.72. The van der Waals surface area contributed by atoms with Crippen LogP contribution in [0.1, 0.15) is 12.5 Å². The Labute approximate surface area is 94.1 Å². The number of carbonyl (C=O) groups excluding carboxylic acids is 1. The van der Waals surface area contributed by atoms with Crippen LogP contribution in [0.4, 0.5) is 0 Å². The summed E-state index contributed by atoms with van der Waals surface area (Å²) in [5.74, 6) is 1.38. The lowest BCUT2D eigenvalue weighted by molar-refractivity contribution is -0.143. The van der Waals surface area contributed by atoms with E-state index in [0.717, 1.165) is 23.5 Å². The fourth-order valence-electron chi connectivity index (χ4n) is 1.73. The van der Waals surface area contributed by atoms with E-state index in [1.54, 1.807) is 7.11 Å². The molecule has 0 N–H and O–H groups in total. The minimum absolute atomic E-state index is 0.0778. The maximum atomic E-state index is 10.7. The molecule has 86 valence electrons. The van der Waals surface area contributed by atoms with Gasteiger partial charge in [-0.05, 0) is 18.2 Å². The molecule has 4 nitrogen and oxygen atoms in total. The Morgan fingerprint density at radius 3 is 3.06 bits per heavy atom. The Bertz CT molecular complexity index is 400. The number of carbonyl (C=O) groups is 1. The van der Waals surface area contributed by atoms with Crippen molar-refractivity contribution in [1.82, 2.24) is 0 Å². The number of methoxy groups -OCH3 is 1. The van der Waals surface area contributed by atoms with E-state index < -0.39 is 0 Å². The van der Waals surface area contributed by atoms with E-state index in [2.05, 4.69) is 0 Å². The first kappa shape index (κ1) is 10.8. The number of rotatable bonds is 3. The van der Waals surface area contributed by atoms with Crippen molar-refractivity contribution in [2.24, 2.45) is 0 Å². The highest BCUT2D eigenvalue weighted by atomic mass is 16.6. The van der Waals surface area contributed by atoms with Gasteiger partial charge in [0.05, 0.1) is 7.11 Å². The zero-order chi connectivity index (χ0) is 11.5. The summed E-state index contributed by atoms with van der Waals surface area (Å²) in [6, 6.07) is 5.68. The molecule has 1 aromatic rings. The predicted octanol–water partition coefficient (Wildman–Crippen LogP) is 1.56. The van der Waals surface area contributed by atoms with Crippen LogP contribution in [-0.2, 0) is 16.0 Å². The fourth-order valence-corrected chi connectivity index (χ4v) is 1.73. The molecule has 0 amide bonds. The van der Waals surface area contributed by atoms with Gasteiger partial charge in [0.1, 0.15) is 24.2 Å². The Balaban J connectivity index is 2.00. The molecular weight excluding hydrogens is 208 g/mol. The van der Waals surface area contributed by atoms with Crippen LogP contribution in [0.25, 0.3) is 0 Å². The van der Waals surface area contributed by atoms with Crippen molar-refractivity contribution < 1.29 is 19.0 Å². The van der Waals surface area contributed by atoms with E-state index in [9.17, 15) is 4.79 Å². The summed E-state index contributed by atoms with van der Waals surface area (Å²) in [5.41, 5.74) is 1.09. The van der Waals surface area contributed by atoms with Crippen LogP contribution in [0.3, 0.4) is 0 Å². The molecule has 1 aliphatic rings.